The number of carbonyl (C=O) groups is 2. The predicted octanol–water partition coefficient (Wildman–Crippen LogP) is 2.54. The summed E-state index contributed by atoms with van der Waals surface area (Å²) in [4.78, 5) is 25.1. The number of likely N-dealkylation sites (tertiary alicyclic amines) is 1. The summed E-state index contributed by atoms with van der Waals surface area (Å²) in [6, 6.07) is 5.69. The molecule has 19 heavy (non-hydrogen) atoms. The van der Waals surface area contributed by atoms with Crippen LogP contribution >= 0.6 is 22.6 Å². The van der Waals surface area contributed by atoms with Crippen molar-refractivity contribution in [3.8, 4) is 0 Å². The average Bonchev–Trinajstić information content (AvgIpc) is 2.41. The summed E-state index contributed by atoms with van der Waals surface area (Å²) < 4.78 is 1.07. The van der Waals surface area contributed by atoms with Gasteiger partial charge in [-0.3, -0.25) is 9.59 Å². The van der Waals surface area contributed by atoms with Crippen LogP contribution in [0.4, 0.5) is 0 Å². The van der Waals surface area contributed by atoms with Crippen LogP contribution in [0.5, 0.6) is 0 Å². The lowest BCUT2D eigenvalue weighted by Gasteiger charge is -2.30. The lowest BCUT2D eigenvalue weighted by Crippen LogP contribution is -2.40. The van der Waals surface area contributed by atoms with E-state index in [1.807, 2.05) is 25.1 Å². The summed E-state index contributed by atoms with van der Waals surface area (Å²) in [5, 5.41) is 8.96. The largest absolute Gasteiger partial charge is 0.481 e. The van der Waals surface area contributed by atoms with E-state index in [1.165, 1.54) is 0 Å². The number of nitrogens with zero attached hydrogens (tertiary/aromatic N) is 1. The number of carboxylic acid groups (broad SMARTS) is 1. The Bertz CT molecular complexity index is 507. The highest BCUT2D eigenvalue weighted by atomic mass is 127. The van der Waals surface area contributed by atoms with E-state index >= 15 is 0 Å². The molecule has 0 saturated carbocycles. The highest BCUT2D eigenvalue weighted by Crippen LogP contribution is 2.22. The van der Waals surface area contributed by atoms with E-state index in [1.54, 1.807) is 4.90 Å². The lowest BCUT2D eigenvalue weighted by molar-refractivity contribution is -0.143. The third-order valence-corrected chi connectivity index (χ3v) is 4.80. The van der Waals surface area contributed by atoms with Crippen LogP contribution < -0.4 is 0 Å². The highest BCUT2D eigenvalue weighted by Gasteiger charge is 2.28. The first-order valence-electron chi connectivity index (χ1n) is 6.28. The Morgan fingerprint density at radius 3 is 2.53 bits per heavy atom. The van der Waals surface area contributed by atoms with Crippen LogP contribution in [-0.2, 0) is 4.79 Å². The molecular formula is C14H16INO3. The first-order chi connectivity index (χ1) is 9.00. The van der Waals surface area contributed by atoms with Crippen molar-refractivity contribution in [2.45, 2.75) is 19.8 Å². The third kappa shape index (κ3) is 3.08. The molecule has 1 aliphatic rings. The van der Waals surface area contributed by atoms with Gasteiger partial charge in [-0.05, 0) is 60.1 Å². The second-order valence-corrected chi connectivity index (χ2v) is 5.98. The molecule has 0 radical (unpaired) electrons. The Balaban J connectivity index is 2.09. The molecule has 5 heteroatoms. The highest BCUT2D eigenvalue weighted by molar-refractivity contribution is 14.1. The molecule has 1 heterocycles. The number of halogens is 1. The number of aliphatic carboxylic acids is 1. The number of carboxylic acids is 1. The third-order valence-electron chi connectivity index (χ3n) is 3.63. The molecule has 0 aliphatic carbocycles. The fourth-order valence-corrected chi connectivity index (χ4v) is 2.84. The molecule has 1 amide bonds. The number of rotatable bonds is 2. The quantitative estimate of drug-likeness (QED) is 0.811. The van der Waals surface area contributed by atoms with Crippen LogP contribution in [-0.4, -0.2) is 35.0 Å². The van der Waals surface area contributed by atoms with E-state index in [9.17, 15) is 9.59 Å². The maximum absolute atomic E-state index is 12.4. The molecule has 1 saturated heterocycles. The molecule has 0 aromatic heterocycles. The first-order valence-corrected chi connectivity index (χ1v) is 7.35. The number of amides is 1. The minimum Gasteiger partial charge on any atom is -0.481 e. The van der Waals surface area contributed by atoms with Crippen molar-refractivity contribution < 1.29 is 14.7 Å². The molecule has 102 valence electrons. The molecular weight excluding hydrogens is 357 g/mol. The van der Waals surface area contributed by atoms with Crippen LogP contribution in [0.2, 0.25) is 0 Å². The summed E-state index contributed by atoms with van der Waals surface area (Å²) in [7, 11) is 0. The molecule has 0 bridgehead atoms. The van der Waals surface area contributed by atoms with E-state index in [-0.39, 0.29) is 11.8 Å². The van der Waals surface area contributed by atoms with Gasteiger partial charge in [0.05, 0.1) is 5.92 Å². The van der Waals surface area contributed by atoms with E-state index in [0.29, 0.717) is 25.9 Å². The molecule has 4 nitrogen and oxygen atoms in total. The van der Waals surface area contributed by atoms with Gasteiger partial charge < -0.3 is 10.0 Å². The number of carbonyl (C=O) groups excluding carboxylic acids is 1. The van der Waals surface area contributed by atoms with Gasteiger partial charge in [-0.2, -0.15) is 0 Å². The molecule has 2 rings (SSSR count). The molecule has 1 N–H and O–H groups in total. The normalized spacial score (nSPS) is 16.4. The number of benzene rings is 1. The van der Waals surface area contributed by atoms with Crippen LogP contribution in [0.1, 0.15) is 28.8 Å². The Kier molecular flexibility index (Phi) is 4.44. The van der Waals surface area contributed by atoms with Gasteiger partial charge in [-0.25, -0.2) is 0 Å². The Morgan fingerprint density at radius 2 is 1.95 bits per heavy atom. The van der Waals surface area contributed by atoms with Crippen molar-refractivity contribution in [2.24, 2.45) is 5.92 Å². The van der Waals surface area contributed by atoms with Gasteiger partial charge in [0.25, 0.3) is 5.91 Å². The number of piperidine rings is 1. The number of hydrogen-bond acceptors (Lipinski definition) is 2. The topological polar surface area (TPSA) is 57.6 Å². The molecule has 0 unspecified atom stereocenters. The predicted molar refractivity (Wildman–Crippen MR) is 80.2 cm³/mol. The fraction of sp³-hybridized carbons (Fsp3) is 0.429. The fourth-order valence-electron chi connectivity index (χ4n) is 2.34. The zero-order valence-corrected chi connectivity index (χ0v) is 12.9. The van der Waals surface area contributed by atoms with Crippen molar-refractivity contribution in [1.82, 2.24) is 4.90 Å². The van der Waals surface area contributed by atoms with Gasteiger partial charge in [0.1, 0.15) is 0 Å². The molecule has 0 spiro atoms. The minimum absolute atomic E-state index is 0.0138. The maximum Gasteiger partial charge on any atom is 0.306 e. The van der Waals surface area contributed by atoms with Gasteiger partial charge >= 0.3 is 5.97 Å². The van der Waals surface area contributed by atoms with Crippen LogP contribution in [0.15, 0.2) is 18.2 Å². The average molecular weight is 373 g/mol. The molecule has 1 aliphatic heterocycles. The van der Waals surface area contributed by atoms with Gasteiger partial charge in [-0.1, -0.05) is 6.07 Å². The molecule has 1 fully saturated rings. The van der Waals surface area contributed by atoms with Gasteiger partial charge in [-0.15, -0.1) is 0 Å². The molecule has 0 atom stereocenters. The van der Waals surface area contributed by atoms with E-state index in [2.05, 4.69) is 22.6 Å². The van der Waals surface area contributed by atoms with Gasteiger partial charge in [0, 0.05) is 22.2 Å². The lowest BCUT2D eigenvalue weighted by atomic mass is 9.96. The Labute approximate surface area is 125 Å². The van der Waals surface area contributed by atoms with E-state index in [4.69, 9.17) is 5.11 Å². The minimum atomic E-state index is -0.752. The summed E-state index contributed by atoms with van der Waals surface area (Å²) in [6.07, 6.45) is 1.09. The number of hydrogen-bond donors (Lipinski definition) is 1. The van der Waals surface area contributed by atoms with Crippen molar-refractivity contribution >= 4 is 34.5 Å². The maximum atomic E-state index is 12.4. The van der Waals surface area contributed by atoms with Crippen molar-refractivity contribution in [1.29, 1.82) is 0 Å². The van der Waals surface area contributed by atoms with Crippen LogP contribution in [0.25, 0.3) is 0 Å². The van der Waals surface area contributed by atoms with Crippen molar-refractivity contribution in [2.75, 3.05) is 13.1 Å². The van der Waals surface area contributed by atoms with Gasteiger partial charge in [0.15, 0.2) is 0 Å². The van der Waals surface area contributed by atoms with Crippen LogP contribution in [0.3, 0.4) is 0 Å². The van der Waals surface area contributed by atoms with Gasteiger partial charge in [0.2, 0.25) is 0 Å². The summed E-state index contributed by atoms with van der Waals surface area (Å²) >= 11 is 2.22. The second kappa shape index (κ2) is 5.90. The first kappa shape index (κ1) is 14.3. The zero-order valence-electron chi connectivity index (χ0n) is 10.7. The molecule has 1 aromatic carbocycles. The van der Waals surface area contributed by atoms with E-state index < -0.39 is 5.97 Å². The standard InChI is InChI=1S/C14H16INO3/c1-9-11(3-2-4-12(9)15)13(17)16-7-5-10(6-8-16)14(18)19/h2-4,10H,5-8H2,1H3,(H,18,19). The van der Waals surface area contributed by atoms with Crippen molar-refractivity contribution in [3.63, 3.8) is 0 Å². The summed E-state index contributed by atoms with van der Waals surface area (Å²) in [5.41, 5.74) is 1.72. The Hall–Kier alpha value is -1.11. The Morgan fingerprint density at radius 1 is 1.32 bits per heavy atom. The SMILES string of the molecule is Cc1c(I)cccc1C(=O)N1CCC(C(=O)O)CC1. The van der Waals surface area contributed by atoms with Crippen LogP contribution in [0, 0.1) is 16.4 Å². The summed E-state index contributed by atoms with van der Waals surface area (Å²) in [6.45, 7) is 3.00. The van der Waals surface area contributed by atoms with Crippen molar-refractivity contribution in [3.05, 3.63) is 32.9 Å². The molecule has 1 aromatic rings. The summed E-state index contributed by atoms with van der Waals surface area (Å²) in [5.74, 6) is -1.04. The second-order valence-electron chi connectivity index (χ2n) is 4.82. The smallest absolute Gasteiger partial charge is 0.306 e. The van der Waals surface area contributed by atoms with E-state index in [0.717, 1.165) is 14.7 Å². The monoisotopic (exact) mass is 373 g/mol. The zero-order chi connectivity index (χ0) is 14.0.